The van der Waals surface area contributed by atoms with E-state index in [1.807, 2.05) is 0 Å². The molecule has 5 N–H and O–H groups in total. The Labute approximate surface area is 175 Å². The van der Waals surface area contributed by atoms with Gasteiger partial charge in [0.25, 0.3) is 0 Å². The van der Waals surface area contributed by atoms with Gasteiger partial charge in [0, 0.05) is 12.6 Å². The number of hydrogen-bond donors (Lipinski definition) is 3. The minimum atomic E-state index is -4.75. The van der Waals surface area contributed by atoms with Crippen molar-refractivity contribution >= 4 is 17.5 Å². The minimum Gasteiger partial charge on any atom is -0.378 e. The van der Waals surface area contributed by atoms with Gasteiger partial charge in [0.15, 0.2) is 0 Å². The van der Waals surface area contributed by atoms with Crippen molar-refractivity contribution in [2.24, 2.45) is 11.7 Å². The fourth-order valence-electron chi connectivity index (χ4n) is 3.75. The smallest absolute Gasteiger partial charge is 0.378 e. The van der Waals surface area contributed by atoms with Crippen LogP contribution < -0.4 is 16.8 Å². The zero-order valence-corrected chi connectivity index (χ0v) is 16.5. The van der Waals surface area contributed by atoms with Gasteiger partial charge in [-0.05, 0) is 55.7 Å². The Morgan fingerprint density at radius 1 is 1.19 bits per heavy atom. The Bertz CT molecular complexity index is 961. The molecule has 1 fully saturated rings. The van der Waals surface area contributed by atoms with Gasteiger partial charge in [-0.3, -0.25) is 10.1 Å². The molecule has 0 radical (unpaired) electrons. The Morgan fingerprint density at radius 3 is 2.48 bits per heavy atom. The topological polar surface area (TPSA) is 133 Å². The summed E-state index contributed by atoms with van der Waals surface area (Å²) in [6.07, 6.45) is -1.29. The first-order valence-corrected chi connectivity index (χ1v) is 9.70. The molecule has 0 bridgehead atoms. The van der Waals surface area contributed by atoms with E-state index in [-0.39, 0.29) is 47.9 Å². The molecular formula is C19H22F4N6O2. The summed E-state index contributed by atoms with van der Waals surface area (Å²) in [5.41, 5.74) is 10.0. The second-order valence-corrected chi connectivity index (χ2v) is 7.62. The van der Waals surface area contributed by atoms with Gasteiger partial charge >= 0.3 is 11.9 Å². The number of halogens is 4. The Morgan fingerprint density at radius 2 is 1.87 bits per heavy atom. The molecule has 168 valence electrons. The number of nitrogens with two attached hydrogens (primary N) is 2. The minimum absolute atomic E-state index is 0.109. The van der Waals surface area contributed by atoms with E-state index in [0.717, 1.165) is 37.8 Å². The molecule has 2 aromatic rings. The summed E-state index contributed by atoms with van der Waals surface area (Å²) in [6, 6.07) is 2.43. The number of nitrogens with zero attached hydrogens (tertiary/aromatic N) is 3. The molecule has 1 aliphatic rings. The van der Waals surface area contributed by atoms with Gasteiger partial charge in [-0.25, -0.2) is 9.37 Å². The number of benzene rings is 1. The second kappa shape index (κ2) is 9.00. The molecule has 0 atom stereocenters. The Balaban J connectivity index is 1.84. The highest BCUT2D eigenvalue weighted by atomic mass is 19.4. The highest BCUT2D eigenvalue weighted by Gasteiger charge is 2.34. The van der Waals surface area contributed by atoms with E-state index in [2.05, 4.69) is 15.3 Å². The standard InChI is InChI=1S/C19H22F4N6O2/c20-12-4-3-11(14(8-12)19(21,22)23)9-26-18-27-15(16(29(30)31)17(25)28-18)7-10-1-5-13(24)6-2-10/h3-4,8,10,13H,1-2,5-7,9,24H2,(H3,25,26,27,28). The van der Waals surface area contributed by atoms with Crippen LogP contribution >= 0.6 is 0 Å². The van der Waals surface area contributed by atoms with Crippen molar-refractivity contribution < 1.29 is 22.5 Å². The maximum atomic E-state index is 13.3. The number of nitro groups is 1. The molecule has 12 heteroatoms. The maximum Gasteiger partial charge on any atom is 0.416 e. The van der Waals surface area contributed by atoms with Crippen LogP contribution in [-0.4, -0.2) is 20.9 Å². The normalized spacial score (nSPS) is 19.3. The number of hydrogen-bond acceptors (Lipinski definition) is 7. The van der Waals surface area contributed by atoms with Gasteiger partial charge in [0.2, 0.25) is 11.8 Å². The summed E-state index contributed by atoms with van der Waals surface area (Å²) in [4.78, 5) is 18.8. The van der Waals surface area contributed by atoms with Crippen molar-refractivity contribution in [2.45, 2.75) is 50.9 Å². The van der Waals surface area contributed by atoms with E-state index in [4.69, 9.17) is 11.5 Å². The second-order valence-electron chi connectivity index (χ2n) is 7.62. The van der Waals surface area contributed by atoms with Gasteiger partial charge < -0.3 is 16.8 Å². The molecule has 0 aliphatic heterocycles. The van der Waals surface area contributed by atoms with E-state index >= 15 is 0 Å². The van der Waals surface area contributed by atoms with Crippen molar-refractivity contribution in [1.82, 2.24) is 9.97 Å². The third kappa shape index (κ3) is 5.57. The van der Waals surface area contributed by atoms with Crippen LogP contribution in [0.15, 0.2) is 18.2 Å². The average Bonchev–Trinajstić information content (AvgIpc) is 2.67. The van der Waals surface area contributed by atoms with E-state index in [0.29, 0.717) is 6.07 Å². The molecule has 0 spiro atoms. The fraction of sp³-hybridized carbons (Fsp3) is 0.474. The largest absolute Gasteiger partial charge is 0.416 e. The van der Waals surface area contributed by atoms with Crippen LogP contribution in [0.5, 0.6) is 0 Å². The molecule has 1 heterocycles. The lowest BCUT2D eigenvalue weighted by atomic mass is 9.83. The molecule has 1 saturated carbocycles. The summed E-state index contributed by atoms with van der Waals surface area (Å²) in [5.74, 6) is -1.39. The molecule has 8 nitrogen and oxygen atoms in total. The molecule has 0 unspecified atom stereocenters. The van der Waals surface area contributed by atoms with Crippen molar-refractivity contribution in [3.63, 3.8) is 0 Å². The first-order valence-electron chi connectivity index (χ1n) is 9.70. The van der Waals surface area contributed by atoms with Crippen LogP contribution in [0.1, 0.15) is 42.5 Å². The highest BCUT2D eigenvalue weighted by Crippen LogP contribution is 2.34. The molecule has 0 amide bonds. The molecule has 1 aromatic carbocycles. The average molecular weight is 442 g/mol. The third-order valence-electron chi connectivity index (χ3n) is 5.35. The molecule has 0 saturated heterocycles. The van der Waals surface area contributed by atoms with E-state index in [9.17, 15) is 27.7 Å². The number of alkyl halides is 3. The lowest BCUT2D eigenvalue weighted by Gasteiger charge is -2.25. The summed E-state index contributed by atoms with van der Waals surface area (Å²) < 4.78 is 52.8. The van der Waals surface area contributed by atoms with E-state index in [1.165, 1.54) is 0 Å². The van der Waals surface area contributed by atoms with Crippen molar-refractivity contribution in [3.8, 4) is 0 Å². The lowest BCUT2D eigenvalue weighted by molar-refractivity contribution is -0.385. The van der Waals surface area contributed by atoms with Crippen LogP contribution in [0.25, 0.3) is 0 Å². The number of nitrogen functional groups attached to an aromatic ring is 1. The van der Waals surface area contributed by atoms with Crippen LogP contribution in [0.2, 0.25) is 0 Å². The van der Waals surface area contributed by atoms with Crippen molar-refractivity contribution in [3.05, 3.63) is 51.0 Å². The highest BCUT2D eigenvalue weighted by molar-refractivity contribution is 5.58. The van der Waals surface area contributed by atoms with Crippen LogP contribution in [0.4, 0.5) is 35.0 Å². The van der Waals surface area contributed by atoms with Crippen LogP contribution in [-0.2, 0) is 19.1 Å². The van der Waals surface area contributed by atoms with Gasteiger partial charge in [0.05, 0.1) is 10.5 Å². The van der Waals surface area contributed by atoms with Gasteiger partial charge in [-0.15, -0.1) is 0 Å². The number of nitrogens with one attached hydrogen (secondary N) is 1. The molecule has 31 heavy (non-hydrogen) atoms. The monoisotopic (exact) mass is 442 g/mol. The van der Waals surface area contributed by atoms with Crippen LogP contribution in [0.3, 0.4) is 0 Å². The first-order chi connectivity index (χ1) is 14.5. The van der Waals surface area contributed by atoms with Crippen LogP contribution in [0, 0.1) is 21.8 Å². The summed E-state index contributed by atoms with van der Waals surface area (Å²) in [5, 5.41) is 14.1. The Hall–Kier alpha value is -3.02. The zero-order chi connectivity index (χ0) is 22.8. The van der Waals surface area contributed by atoms with Crippen molar-refractivity contribution in [2.75, 3.05) is 11.1 Å². The molecule has 1 aliphatic carbocycles. The number of anilines is 2. The van der Waals surface area contributed by atoms with Gasteiger partial charge in [-0.1, -0.05) is 6.07 Å². The van der Waals surface area contributed by atoms with Gasteiger partial charge in [0.1, 0.15) is 11.5 Å². The van der Waals surface area contributed by atoms with Crippen molar-refractivity contribution in [1.29, 1.82) is 0 Å². The number of aromatic nitrogens is 2. The summed E-state index contributed by atoms with van der Waals surface area (Å²) in [6.45, 7) is -0.371. The summed E-state index contributed by atoms with van der Waals surface area (Å²) >= 11 is 0. The molecular weight excluding hydrogens is 420 g/mol. The quantitative estimate of drug-likeness (QED) is 0.352. The third-order valence-corrected chi connectivity index (χ3v) is 5.35. The van der Waals surface area contributed by atoms with Gasteiger partial charge in [-0.2, -0.15) is 18.2 Å². The zero-order valence-electron chi connectivity index (χ0n) is 16.5. The number of rotatable bonds is 6. The lowest BCUT2D eigenvalue weighted by Crippen LogP contribution is -2.27. The van der Waals surface area contributed by atoms with E-state index in [1.54, 1.807) is 0 Å². The fourth-order valence-corrected chi connectivity index (χ4v) is 3.75. The first kappa shape index (κ1) is 22.7. The SMILES string of the molecule is Nc1nc(NCc2ccc(F)cc2C(F)(F)F)nc(CC2CCC(N)CC2)c1[N+](=O)[O-]. The molecule has 3 rings (SSSR count). The Kier molecular flexibility index (Phi) is 6.58. The molecule has 1 aromatic heterocycles. The summed E-state index contributed by atoms with van der Waals surface area (Å²) in [7, 11) is 0. The maximum absolute atomic E-state index is 13.3. The predicted molar refractivity (Wildman–Crippen MR) is 105 cm³/mol. The predicted octanol–water partition coefficient (Wildman–Crippen LogP) is 3.80. The van der Waals surface area contributed by atoms with E-state index < -0.39 is 28.2 Å².